The average Bonchev–Trinajstić information content (AvgIpc) is 2.37. The van der Waals surface area contributed by atoms with Crippen LogP contribution < -0.4 is 5.32 Å². The minimum atomic E-state index is 0. The summed E-state index contributed by atoms with van der Waals surface area (Å²) in [7, 11) is 2.04. The van der Waals surface area contributed by atoms with Crippen molar-refractivity contribution in [2.24, 2.45) is 5.92 Å². The summed E-state index contributed by atoms with van der Waals surface area (Å²) in [6, 6.07) is 6.21. The highest BCUT2D eigenvalue weighted by Gasteiger charge is 2.18. The van der Waals surface area contributed by atoms with Gasteiger partial charge in [0.25, 0.3) is 0 Å². The Labute approximate surface area is 135 Å². The maximum Gasteiger partial charge on any atom is 0.0548 e. The molecular formula is C14H21BrCl2N2. The van der Waals surface area contributed by atoms with Gasteiger partial charge in [-0.25, -0.2) is 0 Å². The number of rotatable bonds is 4. The Bertz CT molecular complexity index is 393. The van der Waals surface area contributed by atoms with Gasteiger partial charge in [-0.15, -0.1) is 12.4 Å². The predicted octanol–water partition coefficient (Wildman–Crippen LogP) is 3.96. The predicted molar refractivity (Wildman–Crippen MR) is 88.3 cm³/mol. The molecule has 0 atom stereocenters. The van der Waals surface area contributed by atoms with E-state index in [1.54, 1.807) is 0 Å². The zero-order valence-electron chi connectivity index (χ0n) is 11.2. The normalized spacial score (nSPS) is 17.2. The van der Waals surface area contributed by atoms with Crippen LogP contribution in [-0.2, 0) is 6.54 Å². The monoisotopic (exact) mass is 366 g/mol. The van der Waals surface area contributed by atoms with Gasteiger partial charge in [-0.3, -0.25) is 4.90 Å². The molecule has 1 aromatic carbocycles. The Kier molecular flexibility index (Phi) is 7.70. The molecule has 1 aromatic rings. The molecule has 1 aliphatic rings. The van der Waals surface area contributed by atoms with Gasteiger partial charge >= 0.3 is 0 Å². The molecule has 1 aliphatic heterocycles. The van der Waals surface area contributed by atoms with E-state index in [-0.39, 0.29) is 12.4 Å². The van der Waals surface area contributed by atoms with E-state index in [0.29, 0.717) is 0 Å². The third kappa shape index (κ3) is 5.24. The van der Waals surface area contributed by atoms with Gasteiger partial charge in [0.15, 0.2) is 0 Å². The lowest BCUT2D eigenvalue weighted by molar-refractivity contribution is 0.177. The summed E-state index contributed by atoms with van der Waals surface area (Å²) in [5.74, 6) is 0.850. The summed E-state index contributed by atoms with van der Waals surface area (Å²) in [5.41, 5.74) is 1.33. The molecule has 2 rings (SSSR count). The Morgan fingerprint density at radius 2 is 2.05 bits per heavy atom. The number of benzene rings is 1. The van der Waals surface area contributed by atoms with Crippen molar-refractivity contribution in [3.63, 3.8) is 0 Å². The van der Waals surface area contributed by atoms with Crippen LogP contribution in [0.1, 0.15) is 18.4 Å². The standard InChI is InChI=1S/C14H20BrClN2.ClH/c1-17-9-11-4-6-18(7-5-11)10-12-2-3-14(16)13(15)8-12;/h2-3,8,11,17H,4-7,9-10H2,1H3;1H. The van der Waals surface area contributed by atoms with E-state index in [1.807, 2.05) is 13.1 Å². The molecule has 19 heavy (non-hydrogen) atoms. The van der Waals surface area contributed by atoms with Gasteiger partial charge in [0.05, 0.1) is 5.02 Å². The van der Waals surface area contributed by atoms with Crippen molar-refractivity contribution in [1.82, 2.24) is 10.2 Å². The first kappa shape index (κ1) is 17.3. The zero-order valence-corrected chi connectivity index (χ0v) is 14.3. The van der Waals surface area contributed by atoms with Crippen LogP contribution in [0.4, 0.5) is 0 Å². The van der Waals surface area contributed by atoms with Crippen molar-refractivity contribution >= 4 is 39.9 Å². The van der Waals surface area contributed by atoms with Crippen LogP contribution in [0, 0.1) is 5.92 Å². The summed E-state index contributed by atoms with van der Waals surface area (Å²) >= 11 is 9.49. The SMILES string of the molecule is CNCC1CCN(Cc2ccc(Cl)c(Br)c2)CC1.Cl. The molecule has 5 heteroatoms. The zero-order chi connectivity index (χ0) is 13.0. The van der Waals surface area contributed by atoms with Crippen LogP contribution >= 0.6 is 39.9 Å². The largest absolute Gasteiger partial charge is 0.319 e. The summed E-state index contributed by atoms with van der Waals surface area (Å²) in [6.07, 6.45) is 2.60. The van der Waals surface area contributed by atoms with Crippen LogP contribution in [0.3, 0.4) is 0 Å². The molecule has 0 unspecified atom stereocenters. The fourth-order valence-corrected chi connectivity index (χ4v) is 3.08. The van der Waals surface area contributed by atoms with Crippen LogP contribution in [-0.4, -0.2) is 31.6 Å². The number of likely N-dealkylation sites (tertiary alicyclic amines) is 1. The van der Waals surface area contributed by atoms with Gasteiger partial charge in [-0.05, 0) is 79.1 Å². The van der Waals surface area contributed by atoms with Gasteiger partial charge in [0, 0.05) is 11.0 Å². The number of piperidine rings is 1. The highest BCUT2D eigenvalue weighted by Crippen LogP contribution is 2.25. The molecule has 0 saturated carbocycles. The topological polar surface area (TPSA) is 15.3 Å². The van der Waals surface area contributed by atoms with Crippen LogP contribution in [0.15, 0.2) is 22.7 Å². The number of nitrogens with zero attached hydrogens (tertiary/aromatic N) is 1. The number of nitrogens with one attached hydrogen (secondary N) is 1. The van der Waals surface area contributed by atoms with Gasteiger partial charge < -0.3 is 5.32 Å². The minimum Gasteiger partial charge on any atom is -0.319 e. The molecule has 1 heterocycles. The highest BCUT2D eigenvalue weighted by atomic mass is 79.9. The van der Waals surface area contributed by atoms with Crippen molar-refractivity contribution < 1.29 is 0 Å². The van der Waals surface area contributed by atoms with Crippen molar-refractivity contribution in [2.45, 2.75) is 19.4 Å². The van der Waals surface area contributed by atoms with E-state index in [0.717, 1.165) is 28.5 Å². The Morgan fingerprint density at radius 1 is 1.37 bits per heavy atom. The van der Waals surface area contributed by atoms with Gasteiger partial charge in [0.2, 0.25) is 0 Å². The summed E-state index contributed by atoms with van der Waals surface area (Å²) in [5, 5.41) is 4.06. The van der Waals surface area contributed by atoms with E-state index in [1.165, 1.54) is 31.5 Å². The van der Waals surface area contributed by atoms with E-state index < -0.39 is 0 Å². The van der Waals surface area contributed by atoms with Gasteiger partial charge in [0.1, 0.15) is 0 Å². The third-order valence-corrected chi connectivity index (χ3v) is 4.80. The van der Waals surface area contributed by atoms with E-state index >= 15 is 0 Å². The van der Waals surface area contributed by atoms with E-state index in [4.69, 9.17) is 11.6 Å². The average molecular weight is 368 g/mol. The fourth-order valence-electron chi connectivity index (χ4n) is 2.53. The first-order chi connectivity index (χ1) is 8.69. The second-order valence-electron chi connectivity index (χ2n) is 5.03. The van der Waals surface area contributed by atoms with Crippen molar-refractivity contribution in [1.29, 1.82) is 0 Å². The summed E-state index contributed by atoms with van der Waals surface area (Å²) in [4.78, 5) is 2.53. The summed E-state index contributed by atoms with van der Waals surface area (Å²) < 4.78 is 0.992. The quantitative estimate of drug-likeness (QED) is 0.866. The molecule has 1 N–H and O–H groups in total. The molecule has 108 valence electrons. The maximum absolute atomic E-state index is 6.01. The molecule has 0 radical (unpaired) electrons. The Hall–Kier alpha value is 0.200. The number of hydrogen-bond acceptors (Lipinski definition) is 2. The van der Waals surface area contributed by atoms with Crippen LogP contribution in [0.5, 0.6) is 0 Å². The van der Waals surface area contributed by atoms with E-state index in [2.05, 4.69) is 38.3 Å². The third-order valence-electron chi connectivity index (χ3n) is 3.59. The molecule has 0 aliphatic carbocycles. The van der Waals surface area contributed by atoms with Crippen molar-refractivity contribution in [3.8, 4) is 0 Å². The molecule has 2 nitrogen and oxygen atoms in total. The lowest BCUT2D eigenvalue weighted by Gasteiger charge is -2.31. The summed E-state index contributed by atoms with van der Waals surface area (Å²) in [6.45, 7) is 4.58. The smallest absolute Gasteiger partial charge is 0.0548 e. The lowest BCUT2D eigenvalue weighted by atomic mass is 9.96. The van der Waals surface area contributed by atoms with E-state index in [9.17, 15) is 0 Å². The highest BCUT2D eigenvalue weighted by molar-refractivity contribution is 9.10. The molecular weight excluding hydrogens is 347 g/mol. The number of halogens is 3. The van der Waals surface area contributed by atoms with Gasteiger partial charge in [-0.2, -0.15) is 0 Å². The second kappa shape index (κ2) is 8.48. The molecule has 1 fully saturated rings. The Morgan fingerprint density at radius 3 is 2.63 bits per heavy atom. The Balaban J connectivity index is 0.00000180. The molecule has 0 aromatic heterocycles. The lowest BCUT2D eigenvalue weighted by Crippen LogP contribution is -2.36. The first-order valence-electron chi connectivity index (χ1n) is 6.50. The first-order valence-corrected chi connectivity index (χ1v) is 7.67. The fraction of sp³-hybridized carbons (Fsp3) is 0.571. The molecule has 0 amide bonds. The van der Waals surface area contributed by atoms with Gasteiger partial charge in [-0.1, -0.05) is 17.7 Å². The minimum absolute atomic E-state index is 0. The second-order valence-corrected chi connectivity index (χ2v) is 6.29. The van der Waals surface area contributed by atoms with Crippen molar-refractivity contribution in [3.05, 3.63) is 33.3 Å². The molecule has 1 saturated heterocycles. The molecule has 0 bridgehead atoms. The molecule has 0 spiro atoms. The number of hydrogen-bond donors (Lipinski definition) is 1. The van der Waals surface area contributed by atoms with Crippen LogP contribution in [0.2, 0.25) is 5.02 Å². The van der Waals surface area contributed by atoms with Crippen LogP contribution in [0.25, 0.3) is 0 Å². The maximum atomic E-state index is 6.01. The van der Waals surface area contributed by atoms with Crippen molar-refractivity contribution in [2.75, 3.05) is 26.7 Å².